The van der Waals surface area contributed by atoms with Gasteiger partial charge in [-0.15, -0.1) is 0 Å². The highest BCUT2D eigenvalue weighted by Gasteiger charge is 2.58. The number of rotatable bonds is 12. The highest BCUT2D eigenvalue weighted by molar-refractivity contribution is 5.90. The van der Waals surface area contributed by atoms with E-state index < -0.39 is 142 Å². The van der Waals surface area contributed by atoms with E-state index in [0.29, 0.717) is 0 Å². The lowest BCUT2D eigenvalue weighted by Gasteiger charge is -2.51. The van der Waals surface area contributed by atoms with Crippen molar-refractivity contribution in [3.8, 4) is 0 Å². The molecule has 0 saturated carbocycles. The molecule has 3 rings (SSSR count). The Hall–Kier alpha value is -1.96. The van der Waals surface area contributed by atoms with Crippen molar-refractivity contribution in [3.63, 3.8) is 0 Å². The van der Waals surface area contributed by atoms with Crippen molar-refractivity contribution in [2.75, 3.05) is 26.4 Å². The van der Waals surface area contributed by atoms with Gasteiger partial charge in [-0.1, -0.05) is 6.58 Å². The molecule has 0 bridgehead atoms. The van der Waals surface area contributed by atoms with Crippen LogP contribution in [0.15, 0.2) is 12.2 Å². The minimum atomic E-state index is -2.48. The van der Waals surface area contributed by atoms with Crippen LogP contribution in [0.3, 0.4) is 0 Å². The summed E-state index contributed by atoms with van der Waals surface area (Å²) in [6, 6.07) is -4.43. The second kappa shape index (κ2) is 15.1. The van der Waals surface area contributed by atoms with E-state index in [1.807, 2.05) is 0 Å². The summed E-state index contributed by atoms with van der Waals surface area (Å²) in [5.74, 6) is -2.56. The normalized spacial score (nSPS) is 44.6. The van der Waals surface area contributed by atoms with Crippen molar-refractivity contribution in [3.05, 3.63) is 12.2 Å². The summed E-state index contributed by atoms with van der Waals surface area (Å²) in [5.41, 5.74) is 14.6. The van der Waals surface area contributed by atoms with Crippen LogP contribution >= 0.6 is 0 Å². The first-order chi connectivity index (χ1) is 20.6. The number of esters is 1. The topological polar surface area (TPSA) is 350 Å². The molecule has 15 atom stereocenters. The zero-order chi connectivity index (χ0) is 33.1. The Labute approximate surface area is 250 Å². The molecule has 20 nitrogen and oxygen atoms in total. The third-order valence-corrected chi connectivity index (χ3v) is 7.78. The summed E-state index contributed by atoms with van der Waals surface area (Å²) in [5, 5.41) is 91.4. The highest BCUT2D eigenvalue weighted by Crippen LogP contribution is 2.37. The molecule has 254 valence electrons. The van der Waals surface area contributed by atoms with Gasteiger partial charge in [-0.3, -0.25) is 4.79 Å². The fraction of sp³-hybridized carbons (Fsp3) is 0.833. The number of aliphatic hydroxyl groups is 8. The van der Waals surface area contributed by atoms with E-state index in [4.69, 9.17) is 50.7 Å². The summed E-state index contributed by atoms with van der Waals surface area (Å²) in [7, 11) is 0. The predicted molar refractivity (Wildman–Crippen MR) is 138 cm³/mol. The Morgan fingerprint density at radius 2 is 1.32 bits per heavy atom. The van der Waals surface area contributed by atoms with Crippen LogP contribution in [0.2, 0.25) is 0 Å². The lowest BCUT2D eigenvalue weighted by atomic mass is 9.81. The fourth-order valence-corrected chi connectivity index (χ4v) is 5.05. The Bertz CT molecular complexity index is 1010. The van der Waals surface area contributed by atoms with Gasteiger partial charge in [0.05, 0.1) is 49.9 Å². The van der Waals surface area contributed by atoms with Crippen molar-refractivity contribution in [2.24, 2.45) is 17.2 Å². The first-order valence-electron chi connectivity index (χ1n) is 13.5. The molecule has 3 saturated heterocycles. The summed E-state index contributed by atoms with van der Waals surface area (Å²) in [6.07, 6.45) is -18.7. The third-order valence-electron chi connectivity index (χ3n) is 7.78. The summed E-state index contributed by atoms with van der Waals surface area (Å²) in [6.45, 7) is 0.129. The molecule has 0 aromatic carbocycles. The van der Waals surface area contributed by atoms with Gasteiger partial charge in [0.25, 0.3) is 0 Å². The van der Waals surface area contributed by atoms with Crippen molar-refractivity contribution in [2.45, 2.75) is 97.8 Å². The van der Waals surface area contributed by atoms with E-state index in [1.165, 1.54) is 0 Å². The smallest absolute Gasteiger partial charge is 0.336 e. The van der Waals surface area contributed by atoms with Crippen LogP contribution in [0.1, 0.15) is 6.42 Å². The number of ether oxygens (including phenoxy) is 6. The van der Waals surface area contributed by atoms with Gasteiger partial charge in [-0.05, 0) is 0 Å². The van der Waals surface area contributed by atoms with Gasteiger partial charge in [0.15, 0.2) is 24.5 Å². The molecule has 0 aliphatic carbocycles. The molecule has 20 heteroatoms. The van der Waals surface area contributed by atoms with Crippen molar-refractivity contribution in [1.29, 1.82) is 0 Å². The molecule has 2 unspecified atom stereocenters. The van der Waals surface area contributed by atoms with Gasteiger partial charge in [0.1, 0.15) is 55.4 Å². The zero-order valence-electron chi connectivity index (χ0n) is 23.3. The van der Waals surface area contributed by atoms with E-state index in [9.17, 15) is 50.4 Å². The van der Waals surface area contributed by atoms with Crippen LogP contribution < -0.4 is 17.2 Å². The maximum Gasteiger partial charge on any atom is 0.336 e. The first kappa shape index (κ1) is 36.5. The number of nitrogens with two attached hydrogens (primary N) is 3. The minimum absolute atomic E-state index is 0.566. The van der Waals surface area contributed by atoms with Crippen LogP contribution in [0.5, 0.6) is 0 Å². The average molecular weight is 644 g/mol. The Kier molecular flexibility index (Phi) is 12.5. The molecule has 44 heavy (non-hydrogen) atoms. The van der Waals surface area contributed by atoms with E-state index >= 15 is 0 Å². The molecule has 0 aromatic heterocycles. The monoisotopic (exact) mass is 643 g/mol. The van der Waals surface area contributed by atoms with Crippen molar-refractivity contribution in [1.82, 2.24) is 0 Å². The number of carboxylic acid groups (broad SMARTS) is 1. The first-order valence-corrected chi connectivity index (χ1v) is 13.5. The summed E-state index contributed by atoms with van der Waals surface area (Å²) >= 11 is 0. The van der Waals surface area contributed by atoms with E-state index in [1.54, 1.807) is 0 Å². The maximum absolute atomic E-state index is 12.6. The molecule has 0 radical (unpaired) electrons. The molecule has 3 fully saturated rings. The van der Waals surface area contributed by atoms with Gasteiger partial charge in [-0.2, -0.15) is 0 Å². The second-order valence-electron chi connectivity index (χ2n) is 10.6. The summed E-state index contributed by atoms with van der Waals surface area (Å²) < 4.78 is 32.7. The van der Waals surface area contributed by atoms with Crippen LogP contribution in [0.25, 0.3) is 0 Å². The second-order valence-corrected chi connectivity index (χ2v) is 10.6. The van der Waals surface area contributed by atoms with Gasteiger partial charge < -0.3 is 91.6 Å². The highest BCUT2D eigenvalue weighted by atomic mass is 16.7. The van der Waals surface area contributed by atoms with Gasteiger partial charge in [0.2, 0.25) is 0 Å². The van der Waals surface area contributed by atoms with Crippen LogP contribution in [0, 0.1) is 0 Å². The molecule has 3 heterocycles. The van der Waals surface area contributed by atoms with Gasteiger partial charge in [-0.25, -0.2) is 4.79 Å². The number of hydrogen-bond acceptors (Lipinski definition) is 19. The molecule has 0 spiro atoms. The number of aliphatic carboxylic acids is 1. The van der Waals surface area contributed by atoms with Crippen LogP contribution in [-0.4, -0.2) is 176 Å². The molecular formula is C24H41N3O17. The third kappa shape index (κ3) is 7.20. The van der Waals surface area contributed by atoms with Crippen molar-refractivity contribution >= 4 is 11.9 Å². The predicted octanol–water partition coefficient (Wildman–Crippen LogP) is -7.73. The van der Waals surface area contributed by atoms with Gasteiger partial charge >= 0.3 is 11.9 Å². The Morgan fingerprint density at radius 3 is 1.86 bits per heavy atom. The number of carboxylic acids is 1. The number of carbonyl (C=O) groups is 2. The lowest BCUT2D eigenvalue weighted by molar-refractivity contribution is -0.356. The SMILES string of the molecule is C=C(C(=O)OCCC(=O)O)[C@]1(CO)O[C@H](OC2[C@@H](CO)O[C@@H](OC3[C@@H](CO)O[C@@H](O)[C@H](N)[C@H]3O)[C@H](N)[C@H]2O)[C@H](N)[C@@H](O)[C@@H]1O. The quantitative estimate of drug-likeness (QED) is 0.0693. The molecular weight excluding hydrogens is 602 g/mol. The Balaban J connectivity index is 1.79. The molecule has 0 aromatic rings. The molecule has 3 aliphatic rings. The summed E-state index contributed by atoms with van der Waals surface area (Å²) in [4.78, 5) is 23.3. The van der Waals surface area contributed by atoms with Gasteiger partial charge in [0, 0.05) is 0 Å². The number of aliphatic hydroxyl groups excluding tert-OH is 8. The lowest BCUT2D eigenvalue weighted by Crippen LogP contribution is -2.72. The molecule has 15 N–H and O–H groups in total. The van der Waals surface area contributed by atoms with Crippen LogP contribution in [-0.2, 0) is 38.0 Å². The largest absolute Gasteiger partial charge is 0.481 e. The maximum atomic E-state index is 12.6. The zero-order valence-corrected chi connectivity index (χ0v) is 23.3. The van der Waals surface area contributed by atoms with Crippen LogP contribution in [0.4, 0.5) is 0 Å². The minimum Gasteiger partial charge on any atom is -0.481 e. The average Bonchev–Trinajstić information content (AvgIpc) is 3.00. The number of hydrogen-bond donors (Lipinski definition) is 12. The molecule has 0 amide bonds. The standard InChI is InChI=1S/C24H41N3O17/c1-7(20(37)39-3-2-10(31)32)24(6-30)19(36)16(35)13(27)23(44-24)43-18-9(5-29)41-22(12(26)15(18)34)42-17-8(4-28)40-21(38)11(25)14(17)33/h8-9,11-19,21-23,28-30,33-36,38H,1-6,25-27H2,(H,31,32)/t8-,9-,11-,12-,13-,14-,15-,16-,17?,18?,19+,21-,22+,23+,24+/m1/s1. The fourth-order valence-electron chi connectivity index (χ4n) is 5.05. The molecule has 3 aliphatic heterocycles. The Morgan fingerprint density at radius 1 is 0.795 bits per heavy atom. The van der Waals surface area contributed by atoms with Crippen molar-refractivity contribution < 1.29 is 84.0 Å². The van der Waals surface area contributed by atoms with E-state index in [0.717, 1.165) is 0 Å². The number of carbonyl (C=O) groups excluding carboxylic acids is 1. The van der Waals surface area contributed by atoms with E-state index in [-0.39, 0.29) is 0 Å². The van der Waals surface area contributed by atoms with E-state index in [2.05, 4.69) is 6.58 Å².